The van der Waals surface area contributed by atoms with E-state index in [-0.39, 0.29) is 12.1 Å². The number of hydrogen-bond donors (Lipinski definition) is 1. The second kappa shape index (κ2) is 9.48. The highest BCUT2D eigenvalue weighted by Gasteiger charge is 2.37. The summed E-state index contributed by atoms with van der Waals surface area (Å²) in [6.07, 6.45) is 5.77. The fourth-order valence-corrected chi connectivity index (χ4v) is 6.71. The van der Waals surface area contributed by atoms with Crippen LogP contribution in [0.25, 0.3) is 0 Å². The molecule has 2 amide bonds. The summed E-state index contributed by atoms with van der Waals surface area (Å²) in [7, 11) is 3.36. The number of methoxy groups -OCH3 is 2. The first-order chi connectivity index (χ1) is 16.2. The van der Waals surface area contributed by atoms with Gasteiger partial charge < -0.3 is 19.7 Å². The molecule has 1 N–H and O–H groups in total. The predicted octanol–water partition coefficient (Wildman–Crippen LogP) is 5.50. The van der Waals surface area contributed by atoms with Crippen molar-refractivity contribution in [2.45, 2.75) is 44.7 Å². The highest BCUT2D eigenvalue weighted by molar-refractivity contribution is 7.12. The maximum atomic E-state index is 13.5. The number of para-hydroxylation sites is 1. The Morgan fingerprint density at radius 1 is 1.03 bits per heavy atom. The largest absolute Gasteiger partial charge is 0.497 e. The number of nitrogens with zero attached hydrogens (tertiary/aromatic N) is 1. The number of benzene rings is 2. The van der Waals surface area contributed by atoms with Crippen LogP contribution in [0.2, 0.25) is 0 Å². The minimum atomic E-state index is -0.134. The number of urea groups is 1. The van der Waals surface area contributed by atoms with Gasteiger partial charge in [0.05, 0.1) is 20.3 Å². The van der Waals surface area contributed by atoms with Gasteiger partial charge in [0.15, 0.2) is 0 Å². The minimum Gasteiger partial charge on any atom is -0.497 e. The molecule has 1 aliphatic carbocycles. The first kappa shape index (κ1) is 21.8. The minimum absolute atomic E-state index is 0.0502. The number of ether oxygens (including phenoxy) is 2. The standard InChI is InChI=1S/C27H30N2O3S/c1-31-19-9-7-8-18(16-19)17-28-27(30)29-15-14-21-20-10-4-6-13-24(20)33-26(21)25(29)22-11-3-5-12-23(22)32-2/h3,5,7-9,11-12,16,25H,4,6,10,13-15,17H2,1-2H3,(H,28,30)/t25-/m1/s1. The van der Waals surface area contributed by atoms with E-state index in [1.165, 1.54) is 34.6 Å². The average molecular weight is 463 g/mol. The molecule has 0 bridgehead atoms. The lowest BCUT2D eigenvalue weighted by Gasteiger charge is -2.37. The van der Waals surface area contributed by atoms with Crippen LogP contribution in [0.1, 0.15) is 50.9 Å². The van der Waals surface area contributed by atoms with E-state index in [9.17, 15) is 4.79 Å². The van der Waals surface area contributed by atoms with Gasteiger partial charge in [-0.15, -0.1) is 11.3 Å². The summed E-state index contributed by atoms with van der Waals surface area (Å²) >= 11 is 1.91. The molecule has 5 nitrogen and oxygen atoms in total. The maximum absolute atomic E-state index is 13.5. The van der Waals surface area contributed by atoms with E-state index in [4.69, 9.17) is 9.47 Å². The third kappa shape index (κ3) is 4.20. The van der Waals surface area contributed by atoms with E-state index in [1.807, 2.05) is 58.7 Å². The molecule has 2 aromatic carbocycles. The summed E-state index contributed by atoms with van der Waals surface area (Å²) in [5.41, 5.74) is 5.09. The van der Waals surface area contributed by atoms with Gasteiger partial charge in [-0.1, -0.05) is 30.3 Å². The molecular weight excluding hydrogens is 432 g/mol. The van der Waals surface area contributed by atoms with Crippen LogP contribution in [0.5, 0.6) is 11.5 Å². The molecule has 172 valence electrons. The molecule has 0 fully saturated rings. The van der Waals surface area contributed by atoms with Gasteiger partial charge in [-0.05, 0) is 67.0 Å². The fourth-order valence-electron chi connectivity index (χ4n) is 5.13. The zero-order valence-electron chi connectivity index (χ0n) is 19.2. The van der Waals surface area contributed by atoms with Crippen molar-refractivity contribution in [2.24, 2.45) is 0 Å². The third-order valence-electron chi connectivity index (χ3n) is 6.75. The van der Waals surface area contributed by atoms with Crippen molar-refractivity contribution in [3.05, 3.63) is 80.5 Å². The van der Waals surface area contributed by atoms with Crippen LogP contribution in [0.4, 0.5) is 4.79 Å². The molecule has 2 heterocycles. The molecule has 0 saturated carbocycles. The highest BCUT2D eigenvalue weighted by Crippen LogP contribution is 2.46. The number of rotatable bonds is 5. The maximum Gasteiger partial charge on any atom is 0.318 e. The Morgan fingerprint density at radius 2 is 1.88 bits per heavy atom. The van der Waals surface area contributed by atoms with E-state index in [2.05, 4.69) is 11.4 Å². The smallest absolute Gasteiger partial charge is 0.318 e. The van der Waals surface area contributed by atoms with Crippen molar-refractivity contribution in [2.75, 3.05) is 20.8 Å². The van der Waals surface area contributed by atoms with E-state index in [0.29, 0.717) is 13.1 Å². The number of aryl methyl sites for hydroxylation is 1. The normalized spacial score (nSPS) is 17.2. The molecule has 0 spiro atoms. The Bertz CT molecular complexity index is 1160. The van der Waals surface area contributed by atoms with E-state index >= 15 is 0 Å². The molecular formula is C27H30N2O3S. The zero-order chi connectivity index (χ0) is 22.8. The van der Waals surface area contributed by atoms with Crippen LogP contribution in [0, 0.1) is 0 Å². The Balaban J connectivity index is 1.48. The number of carbonyl (C=O) groups is 1. The lowest BCUT2D eigenvalue weighted by Crippen LogP contribution is -2.45. The SMILES string of the molecule is COc1cccc(CNC(=O)N2CCc3c(sc4c3CCCC4)[C@H]2c2ccccc2OC)c1. The number of fused-ring (bicyclic) bond motifs is 3. The predicted molar refractivity (Wildman–Crippen MR) is 131 cm³/mol. The Labute approximate surface area is 199 Å². The topological polar surface area (TPSA) is 50.8 Å². The number of thiophene rings is 1. The Morgan fingerprint density at radius 3 is 2.73 bits per heavy atom. The second-order valence-electron chi connectivity index (χ2n) is 8.65. The van der Waals surface area contributed by atoms with Crippen LogP contribution < -0.4 is 14.8 Å². The number of carbonyl (C=O) groups excluding carboxylic acids is 1. The second-order valence-corrected chi connectivity index (χ2v) is 9.79. The van der Waals surface area contributed by atoms with Crippen molar-refractivity contribution in [3.63, 3.8) is 0 Å². The fraction of sp³-hybridized carbons (Fsp3) is 0.370. The van der Waals surface area contributed by atoms with E-state index in [1.54, 1.807) is 19.8 Å². The van der Waals surface area contributed by atoms with Crippen LogP contribution in [0.15, 0.2) is 48.5 Å². The van der Waals surface area contributed by atoms with E-state index in [0.717, 1.165) is 35.5 Å². The van der Waals surface area contributed by atoms with Crippen LogP contribution in [0.3, 0.4) is 0 Å². The molecule has 1 atom stereocenters. The third-order valence-corrected chi connectivity index (χ3v) is 8.13. The quantitative estimate of drug-likeness (QED) is 0.545. The Kier molecular flexibility index (Phi) is 6.27. The van der Waals surface area contributed by atoms with Crippen LogP contribution in [-0.4, -0.2) is 31.7 Å². The number of amides is 2. The van der Waals surface area contributed by atoms with Gasteiger partial charge in [-0.2, -0.15) is 0 Å². The van der Waals surface area contributed by atoms with Gasteiger partial charge in [-0.3, -0.25) is 0 Å². The van der Waals surface area contributed by atoms with Crippen LogP contribution >= 0.6 is 11.3 Å². The van der Waals surface area contributed by atoms with Gasteiger partial charge in [0.2, 0.25) is 0 Å². The van der Waals surface area contributed by atoms with Crippen molar-refractivity contribution in [3.8, 4) is 11.5 Å². The zero-order valence-corrected chi connectivity index (χ0v) is 20.0. The molecule has 0 saturated heterocycles. The first-order valence-corrected chi connectivity index (χ1v) is 12.4. The number of nitrogens with one attached hydrogen (secondary N) is 1. The summed E-state index contributed by atoms with van der Waals surface area (Å²) in [5.74, 6) is 1.62. The summed E-state index contributed by atoms with van der Waals surface area (Å²) in [6.45, 7) is 1.15. The average Bonchev–Trinajstić information content (AvgIpc) is 3.25. The van der Waals surface area contributed by atoms with Gasteiger partial charge in [-0.25, -0.2) is 4.79 Å². The summed E-state index contributed by atoms with van der Waals surface area (Å²) < 4.78 is 11.1. The molecule has 0 unspecified atom stereocenters. The number of hydrogen-bond acceptors (Lipinski definition) is 4. The molecule has 2 aliphatic rings. The van der Waals surface area contributed by atoms with Crippen molar-refractivity contribution < 1.29 is 14.3 Å². The molecule has 1 aliphatic heterocycles. The summed E-state index contributed by atoms with van der Waals surface area (Å²) in [4.78, 5) is 18.3. The first-order valence-electron chi connectivity index (χ1n) is 11.6. The molecule has 1 aromatic heterocycles. The van der Waals surface area contributed by atoms with Gasteiger partial charge in [0.1, 0.15) is 11.5 Å². The molecule has 6 heteroatoms. The summed E-state index contributed by atoms with van der Waals surface area (Å²) in [5, 5.41) is 3.14. The van der Waals surface area contributed by atoms with E-state index < -0.39 is 0 Å². The van der Waals surface area contributed by atoms with Gasteiger partial charge in [0, 0.05) is 28.4 Å². The van der Waals surface area contributed by atoms with Gasteiger partial charge in [0.25, 0.3) is 0 Å². The van der Waals surface area contributed by atoms with Crippen molar-refractivity contribution in [1.82, 2.24) is 10.2 Å². The monoisotopic (exact) mass is 462 g/mol. The van der Waals surface area contributed by atoms with Gasteiger partial charge >= 0.3 is 6.03 Å². The van der Waals surface area contributed by atoms with Crippen molar-refractivity contribution in [1.29, 1.82) is 0 Å². The lowest BCUT2D eigenvalue weighted by atomic mass is 9.88. The van der Waals surface area contributed by atoms with Crippen LogP contribution in [-0.2, 0) is 25.8 Å². The molecule has 5 rings (SSSR count). The molecule has 3 aromatic rings. The highest BCUT2D eigenvalue weighted by atomic mass is 32.1. The Hall–Kier alpha value is -2.99. The van der Waals surface area contributed by atoms with Crippen molar-refractivity contribution >= 4 is 17.4 Å². The molecule has 0 radical (unpaired) electrons. The lowest BCUT2D eigenvalue weighted by molar-refractivity contribution is 0.179. The molecule has 33 heavy (non-hydrogen) atoms. The summed E-state index contributed by atoms with van der Waals surface area (Å²) in [6, 6.07) is 15.7.